The monoisotopic (exact) mass is 450 g/mol. The van der Waals surface area contributed by atoms with Crippen LogP contribution in [0.25, 0.3) is 21.8 Å². The lowest BCUT2D eigenvalue weighted by Crippen LogP contribution is -2.56. The van der Waals surface area contributed by atoms with Crippen molar-refractivity contribution >= 4 is 27.7 Å². The molecule has 2 aromatic heterocycles. The maximum atomic E-state index is 13.7. The van der Waals surface area contributed by atoms with E-state index in [4.69, 9.17) is 0 Å². The van der Waals surface area contributed by atoms with Crippen LogP contribution in [0.15, 0.2) is 91.3 Å². The topological polar surface area (TPSA) is 72.7 Å². The van der Waals surface area contributed by atoms with Crippen LogP contribution in [-0.4, -0.2) is 21.4 Å². The Morgan fingerprint density at radius 3 is 2.06 bits per heavy atom. The summed E-state index contributed by atoms with van der Waals surface area (Å²) in [5.41, 5.74) is 4.71. The Kier molecular flexibility index (Phi) is 5.95. The van der Waals surface area contributed by atoms with E-state index in [2.05, 4.69) is 44.9 Å². The van der Waals surface area contributed by atoms with E-state index in [1.165, 1.54) is 5.39 Å². The van der Waals surface area contributed by atoms with Crippen molar-refractivity contribution in [3.05, 3.63) is 108 Å². The van der Waals surface area contributed by atoms with Gasteiger partial charge >= 0.3 is 0 Å². The summed E-state index contributed by atoms with van der Waals surface area (Å²) >= 11 is 0. The van der Waals surface area contributed by atoms with Crippen molar-refractivity contribution < 1.29 is 4.79 Å². The van der Waals surface area contributed by atoms with E-state index < -0.39 is 5.54 Å². The highest BCUT2D eigenvalue weighted by Gasteiger charge is 2.35. The first-order valence-corrected chi connectivity index (χ1v) is 11.7. The lowest BCUT2D eigenvalue weighted by Gasteiger charge is -2.31. The fourth-order valence-corrected chi connectivity index (χ4v) is 4.63. The Labute approximate surface area is 199 Å². The molecule has 2 atom stereocenters. The maximum absolute atomic E-state index is 13.7. The van der Waals surface area contributed by atoms with E-state index in [9.17, 15) is 4.79 Å². The molecule has 5 nitrogen and oxygen atoms in total. The highest BCUT2D eigenvalue weighted by atomic mass is 16.2. The standard InChI is InChI=1S/C29H30N4O/c1-20(21-10-4-3-5-11-21)33-28(34)29(2,16-22-17-30-26-14-8-6-12-24(22)26)32-19-23-18-31-27-15-9-7-13-25(23)27/h3-15,17-18,20,30-32H,16,19H2,1-2H3,(H,33,34). The van der Waals surface area contributed by atoms with E-state index in [0.717, 1.165) is 33.1 Å². The van der Waals surface area contributed by atoms with Crippen molar-refractivity contribution in [2.75, 3.05) is 0 Å². The number of H-pyrrole nitrogens is 2. The van der Waals surface area contributed by atoms with Gasteiger partial charge in [0.2, 0.25) is 5.91 Å². The van der Waals surface area contributed by atoms with E-state index in [-0.39, 0.29) is 11.9 Å². The fourth-order valence-electron chi connectivity index (χ4n) is 4.63. The molecule has 5 rings (SSSR count). The molecule has 0 bridgehead atoms. The third kappa shape index (κ3) is 4.35. The highest BCUT2D eigenvalue weighted by molar-refractivity contribution is 5.89. The van der Waals surface area contributed by atoms with Gasteiger partial charge in [-0.1, -0.05) is 66.7 Å². The van der Waals surface area contributed by atoms with E-state index in [1.54, 1.807) is 0 Å². The molecule has 3 aromatic carbocycles. The Morgan fingerprint density at radius 1 is 0.824 bits per heavy atom. The van der Waals surface area contributed by atoms with Crippen LogP contribution in [0.3, 0.4) is 0 Å². The minimum Gasteiger partial charge on any atom is -0.361 e. The van der Waals surface area contributed by atoms with Crippen LogP contribution < -0.4 is 10.6 Å². The highest BCUT2D eigenvalue weighted by Crippen LogP contribution is 2.25. The van der Waals surface area contributed by atoms with E-state index >= 15 is 0 Å². The van der Waals surface area contributed by atoms with Crippen molar-refractivity contribution in [2.45, 2.75) is 38.4 Å². The average Bonchev–Trinajstić information content (AvgIpc) is 3.47. The molecule has 5 heteroatoms. The molecule has 0 spiro atoms. The number of rotatable bonds is 8. The number of hydrogen-bond donors (Lipinski definition) is 4. The minimum atomic E-state index is -0.813. The van der Waals surface area contributed by atoms with Crippen molar-refractivity contribution in [1.82, 2.24) is 20.6 Å². The summed E-state index contributed by atoms with van der Waals surface area (Å²) in [5.74, 6) is -0.0195. The first kappa shape index (κ1) is 22.0. The molecule has 0 aliphatic carbocycles. The second-order valence-corrected chi connectivity index (χ2v) is 9.19. The van der Waals surface area contributed by atoms with Crippen molar-refractivity contribution in [3.8, 4) is 0 Å². The third-order valence-corrected chi connectivity index (χ3v) is 6.71. The third-order valence-electron chi connectivity index (χ3n) is 6.71. The van der Waals surface area contributed by atoms with Gasteiger partial charge in [0.1, 0.15) is 0 Å². The molecule has 5 aromatic rings. The summed E-state index contributed by atoms with van der Waals surface area (Å²) in [6.45, 7) is 4.60. The van der Waals surface area contributed by atoms with Crippen LogP contribution in [0.2, 0.25) is 0 Å². The Balaban J connectivity index is 1.43. The summed E-state index contributed by atoms with van der Waals surface area (Å²) < 4.78 is 0. The van der Waals surface area contributed by atoms with Crippen LogP contribution in [-0.2, 0) is 17.8 Å². The van der Waals surface area contributed by atoms with Crippen molar-refractivity contribution in [3.63, 3.8) is 0 Å². The van der Waals surface area contributed by atoms with Gasteiger partial charge in [-0.2, -0.15) is 0 Å². The number of nitrogens with one attached hydrogen (secondary N) is 4. The van der Waals surface area contributed by atoms with E-state index in [0.29, 0.717) is 13.0 Å². The molecule has 0 fully saturated rings. The minimum absolute atomic E-state index is 0.0195. The molecule has 4 N–H and O–H groups in total. The second kappa shape index (κ2) is 9.20. The number of carbonyl (C=O) groups excluding carboxylic acids is 1. The molecular weight excluding hydrogens is 420 g/mol. The van der Waals surface area contributed by atoms with Crippen LogP contribution in [0, 0.1) is 0 Å². The Morgan fingerprint density at radius 2 is 1.38 bits per heavy atom. The molecule has 172 valence electrons. The molecule has 1 amide bonds. The summed E-state index contributed by atoms with van der Waals surface area (Å²) in [6.07, 6.45) is 4.60. The zero-order chi connectivity index (χ0) is 23.5. The number of para-hydroxylation sites is 2. The lowest BCUT2D eigenvalue weighted by molar-refractivity contribution is -0.127. The largest absolute Gasteiger partial charge is 0.361 e. The van der Waals surface area contributed by atoms with Gasteiger partial charge in [0, 0.05) is 47.2 Å². The molecular formula is C29H30N4O. The Bertz CT molecular complexity index is 1420. The molecule has 2 unspecified atom stereocenters. The molecule has 0 radical (unpaired) electrons. The average molecular weight is 451 g/mol. The predicted molar refractivity (Wildman–Crippen MR) is 139 cm³/mol. The molecule has 0 saturated carbocycles. The molecule has 0 aliphatic heterocycles. The van der Waals surface area contributed by atoms with Gasteiger partial charge in [0.05, 0.1) is 11.6 Å². The number of aromatic nitrogens is 2. The number of hydrogen-bond acceptors (Lipinski definition) is 2. The maximum Gasteiger partial charge on any atom is 0.240 e. The first-order valence-electron chi connectivity index (χ1n) is 11.7. The van der Waals surface area contributed by atoms with Gasteiger partial charge < -0.3 is 15.3 Å². The normalized spacial score (nSPS) is 14.2. The van der Waals surface area contributed by atoms with Gasteiger partial charge in [0.15, 0.2) is 0 Å². The second-order valence-electron chi connectivity index (χ2n) is 9.19. The van der Waals surface area contributed by atoms with Crippen LogP contribution >= 0.6 is 0 Å². The number of fused-ring (bicyclic) bond motifs is 2. The van der Waals surface area contributed by atoms with Crippen LogP contribution in [0.4, 0.5) is 0 Å². The zero-order valence-corrected chi connectivity index (χ0v) is 19.6. The molecule has 34 heavy (non-hydrogen) atoms. The van der Waals surface area contributed by atoms with Gasteiger partial charge in [-0.05, 0) is 42.7 Å². The number of amides is 1. The molecule has 2 heterocycles. The fraction of sp³-hybridized carbons (Fsp3) is 0.207. The summed E-state index contributed by atoms with van der Waals surface area (Å²) in [6, 6.07) is 26.4. The number of carbonyl (C=O) groups is 1. The lowest BCUT2D eigenvalue weighted by atomic mass is 9.90. The van der Waals surface area contributed by atoms with Gasteiger partial charge in [-0.25, -0.2) is 0 Å². The van der Waals surface area contributed by atoms with Crippen LogP contribution in [0.1, 0.15) is 36.6 Å². The van der Waals surface area contributed by atoms with Crippen molar-refractivity contribution in [1.29, 1.82) is 0 Å². The zero-order valence-electron chi connectivity index (χ0n) is 19.6. The van der Waals surface area contributed by atoms with Gasteiger partial charge in [0.25, 0.3) is 0 Å². The summed E-state index contributed by atoms with van der Waals surface area (Å²) in [5, 5.41) is 9.16. The summed E-state index contributed by atoms with van der Waals surface area (Å²) in [4.78, 5) is 20.4. The quantitative estimate of drug-likeness (QED) is 0.248. The molecule has 0 saturated heterocycles. The predicted octanol–water partition coefficient (Wildman–Crippen LogP) is 5.62. The van der Waals surface area contributed by atoms with Gasteiger partial charge in [-0.15, -0.1) is 0 Å². The SMILES string of the molecule is CC(NC(=O)C(C)(Cc1c[nH]c2ccccc12)NCc1c[nH]c2ccccc12)c1ccccc1. The Hall–Kier alpha value is -3.83. The van der Waals surface area contributed by atoms with E-state index in [1.807, 2.05) is 80.8 Å². The number of benzene rings is 3. The van der Waals surface area contributed by atoms with Crippen LogP contribution in [0.5, 0.6) is 0 Å². The van der Waals surface area contributed by atoms with Gasteiger partial charge in [-0.3, -0.25) is 10.1 Å². The smallest absolute Gasteiger partial charge is 0.240 e. The molecule has 0 aliphatic rings. The van der Waals surface area contributed by atoms with Crippen molar-refractivity contribution in [2.24, 2.45) is 0 Å². The number of aromatic amines is 2. The summed E-state index contributed by atoms with van der Waals surface area (Å²) in [7, 11) is 0. The first-order chi connectivity index (χ1) is 16.5.